The summed E-state index contributed by atoms with van der Waals surface area (Å²) >= 11 is 0. The van der Waals surface area contributed by atoms with Gasteiger partial charge in [-0.1, -0.05) is 4.57 Å². The van der Waals surface area contributed by atoms with Crippen molar-refractivity contribution in [3.8, 4) is 0 Å². The summed E-state index contributed by atoms with van der Waals surface area (Å²) in [5.41, 5.74) is 5.10. The predicted molar refractivity (Wildman–Crippen MR) is 48.5 cm³/mol. The molecule has 0 saturated carbocycles. The third kappa shape index (κ3) is 4.48. The van der Waals surface area contributed by atoms with Crippen LogP contribution in [0.5, 0.6) is 0 Å². The van der Waals surface area contributed by atoms with Crippen LogP contribution in [0.3, 0.4) is 0 Å². The van der Waals surface area contributed by atoms with Crippen LogP contribution in [0.15, 0.2) is 0 Å². The zero-order valence-corrected chi connectivity index (χ0v) is 8.87. The second-order valence-electron chi connectivity index (χ2n) is 2.59. The minimum absolute atomic E-state index is 0.141. The van der Waals surface area contributed by atoms with Crippen LogP contribution in [-0.2, 0) is 13.9 Å². The van der Waals surface area contributed by atoms with Crippen molar-refractivity contribution in [1.82, 2.24) is 0 Å². The first-order valence-electron chi connectivity index (χ1n) is 3.49. The van der Waals surface area contributed by atoms with Crippen LogP contribution in [0.1, 0.15) is 6.42 Å². The van der Waals surface area contributed by atoms with Gasteiger partial charge < -0.3 is 15.7 Å². The van der Waals surface area contributed by atoms with Crippen molar-refractivity contribution in [3.63, 3.8) is 0 Å². The second kappa shape index (κ2) is 4.82. The molecule has 4 N–H and O–H groups in total. The molecule has 0 aliphatic carbocycles. The fourth-order valence-corrected chi connectivity index (χ4v) is 2.66. The minimum Gasteiger partial charge on any atom is -0.480 e. The Morgan fingerprint density at radius 3 is 2.46 bits per heavy atom. The molecule has 0 rings (SSSR count). The highest BCUT2D eigenvalue weighted by Crippen LogP contribution is 2.63. The van der Waals surface area contributed by atoms with Crippen LogP contribution in [0.25, 0.3) is 0 Å². The first kappa shape index (κ1) is 12.7. The molecule has 0 heterocycles. The molecule has 0 saturated heterocycles. The van der Waals surface area contributed by atoms with E-state index in [-0.39, 0.29) is 12.6 Å². The smallest absolute Gasteiger partial charge is 0.424 e. The van der Waals surface area contributed by atoms with Gasteiger partial charge in [-0.25, -0.2) is 4.57 Å². The maximum atomic E-state index is 11.1. The van der Waals surface area contributed by atoms with Gasteiger partial charge >= 0.3 is 20.5 Å². The van der Waals surface area contributed by atoms with Crippen molar-refractivity contribution in [2.45, 2.75) is 12.5 Å². The largest absolute Gasteiger partial charge is 0.480 e. The number of hydrogen-bond acceptors (Lipinski definition) is 4. The Kier molecular flexibility index (Phi) is 4.71. The second-order valence-corrected chi connectivity index (χ2v) is 8.86. The predicted octanol–water partition coefficient (Wildman–Crippen LogP) is 0.431. The van der Waals surface area contributed by atoms with Crippen molar-refractivity contribution in [1.29, 1.82) is 0 Å². The number of rotatable bonds is 5. The zero-order chi connectivity index (χ0) is 10.6. The van der Waals surface area contributed by atoms with E-state index in [1.54, 1.807) is 0 Å². The van der Waals surface area contributed by atoms with E-state index in [9.17, 15) is 13.9 Å². The van der Waals surface area contributed by atoms with Crippen molar-refractivity contribution in [2.24, 2.45) is 5.73 Å². The van der Waals surface area contributed by atoms with Crippen molar-refractivity contribution >= 4 is 20.5 Å². The molecule has 0 aliphatic rings. The summed E-state index contributed by atoms with van der Waals surface area (Å²) in [6, 6.07) is -1.17. The van der Waals surface area contributed by atoms with Gasteiger partial charge in [0.05, 0.1) is 6.16 Å². The van der Waals surface area contributed by atoms with Crippen LogP contribution >= 0.6 is 14.5 Å². The van der Waals surface area contributed by atoms with E-state index in [2.05, 4.69) is 0 Å². The maximum absolute atomic E-state index is 11.1. The normalized spacial score (nSPS) is 18.8. The van der Waals surface area contributed by atoms with Gasteiger partial charge in [0.25, 0.3) is 0 Å². The molecule has 0 radical (unpaired) electrons. The van der Waals surface area contributed by atoms with Crippen LogP contribution in [-0.4, -0.2) is 34.8 Å². The van der Waals surface area contributed by atoms with Crippen LogP contribution < -0.4 is 5.73 Å². The van der Waals surface area contributed by atoms with Crippen LogP contribution in [0, 0.1) is 0 Å². The molecule has 0 aromatic rings. The number of carboxylic acid groups (broad SMARTS) is 1. The first-order chi connectivity index (χ1) is 5.77. The van der Waals surface area contributed by atoms with E-state index < -0.39 is 26.6 Å². The van der Waals surface area contributed by atoms with Crippen molar-refractivity contribution in [2.75, 3.05) is 12.8 Å². The highest BCUT2D eigenvalue weighted by atomic mass is 32.1. The van der Waals surface area contributed by atoms with E-state index in [0.29, 0.717) is 0 Å². The van der Waals surface area contributed by atoms with E-state index >= 15 is 0 Å². The van der Waals surface area contributed by atoms with Gasteiger partial charge in [-0.05, 0) is 6.42 Å². The minimum atomic E-state index is -3.69. The number of carboxylic acids is 1. The lowest BCUT2D eigenvalue weighted by atomic mass is 10.2. The topological polar surface area (TPSA) is 118 Å². The van der Waals surface area contributed by atoms with E-state index in [4.69, 9.17) is 15.7 Å². The number of aliphatic carboxylic acids is 1. The monoisotopic (exact) mass is 228 g/mol. The van der Waals surface area contributed by atoms with E-state index in [1.165, 1.54) is 0 Å². The summed E-state index contributed by atoms with van der Waals surface area (Å²) < 4.78 is 21.8. The third-order valence-electron chi connectivity index (χ3n) is 1.49. The fraction of sp³-hybridized carbons (Fsp3) is 0.800. The molecule has 3 atom stereocenters. The zero-order valence-electron chi connectivity index (χ0n) is 7.08. The van der Waals surface area contributed by atoms with E-state index in [0.717, 1.165) is 6.66 Å². The summed E-state index contributed by atoms with van der Waals surface area (Å²) in [6.07, 6.45) is -0.454. The lowest BCUT2D eigenvalue weighted by Crippen LogP contribution is -2.30. The summed E-state index contributed by atoms with van der Waals surface area (Å²) in [7, 11) is -5.87. The summed E-state index contributed by atoms with van der Waals surface area (Å²) in [5, 5.41) is 8.35. The SMILES string of the molecule is C[P+](=O)P(=O)(O)CCC(N)C(=O)O. The van der Waals surface area contributed by atoms with Gasteiger partial charge in [-0.15, -0.1) is 0 Å². The molecular weight excluding hydrogens is 216 g/mol. The molecule has 76 valence electrons. The van der Waals surface area contributed by atoms with Crippen molar-refractivity contribution in [3.05, 3.63) is 0 Å². The molecule has 0 amide bonds. The van der Waals surface area contributed by atoms with Gasteiger partial charge in [0, 0.05) is 0 Å². The Bertz CT molecular complexity index is 266. The van der Waals surface area contributed by atoms with Gasteiger partial charge in [0.2, 0.25) is 0 Å². The Morgan fingerprint density at radius 2 is 2.15 bits per heavy atom. The molecular formula is C5H12NO5P2+. The molecule has 3 unspecified atom stereocenters. The lowest BCUT2D eigenvalue weighted by Gasteiger charge is -2.04. The number of hydrogen-bond donors (Lipinski definition) is 3. The molecule has 0 aromatic heterocycles. The number of nitrogens with two attached hydrogens (primary N) is 1. The van der Waals surface area contributed by atoms with Gasteiger partial charge in [-0.3, -0.25) is 4.79 Å². The van der Waals surface area contributed by atoms with Gasteiger partial charge in [-0.2, -0.15) is 0 Å². The fourth-order valence-electron chi connectivity index (χ4n) is 0.572. The Labute approximate surface area is 76.3 Å². The summed E-state index contributed by atoms with van der Waals surface area (Å²) in [5.74, 6) is -1.23. The van der Waals surface area contributed by atoms with Gasteiger partial charge in [0.15, 0.2) is 0 Å². The summed E-state index contributed by atoms with van der Waals surface area (Å²) in [4.78, 5) is 19.3. The molecule has 8 heteroatoms. The molecule has 0 bridgehead atoms. The van der Waals surface area contributed by atoms with Crippen LogP contribution in [0.2, 0.25) is 0 Å². The molecule has 0 aliphatic heterocycles. The average Bonchev–Trinajstić information content (AvgIpc) is 1.99. The molecule has 0 aromatic carbocycles. The van der Waals surface area contributed by atoms with Crippen LogP contribution in [0.4, 0.5) is 0 Å². The molecule has 6 nitrogen and oxygen atoms in total. The third-order valence-corrected chi connectivity index (χ3v) is 6.45. The molecule has 0 fully saturated rings. The van der Waals surface area contributed by atoms with Gasteiger partial charge in [0.1, 0.15) is 12.7 Å². The Balaban J connectivity index is 4.10. The highest BCUT2D eigenvalue weighted by Gasteiger charge is 2.37. The van der Waals surface area contributed by atoms with E-state index in [1.807, 2.05) is 0 Å². The standard InChI is InChI=1S/C5H11NO5P2/c1-12(9)13(10,11)3-2-4(6)5(7)8/h4H,2-3,6H2,1H3,(H-,7,8,10,11)/p+1. The Hall–Kier alpha value is -0.280. The maximum Gasteiger partial charge on any atom is 0.424 e. The Morgan fingerprint density at radius 1 is 1.69 bits per heavy atom. The first-order valence-corrected chi connectivity index (χ1v) is 7.74. The molecule has 0 spiro atoms. The quantitative estimate of drug-likeness (QED) is 0.587. The number of carbonyl (C=O) groups is 1. The molecule has 13 heavy (non-hydrogen) atoms. The highest BCUT2D eigenvalue weighted by molar-refractivity contribution is 8.24. The average molecular weight is 228 g/mol. The summed E-state index contributed by atoms with van der Waals surface area (Å²) in [6.45, 7) is 1.14. The van der Waals surface area contributed by atoms with Crippen molar-refractivity contribution < 1.29 is 23.9 Å². The lowest BCUT2D eigenvalue weighted by molar-refractivity contribution is -0.138.